The van der Waals surface area contributed by atoms with E-state index < -0.39 is 17.7 Å². The molecule has 682 valence electrons. The van der Waals surface area contributed by atoms with Crippen LogP contribution < -0.4 is 43.4 Å². The lowest BCUT2D eigenvalue weighted by Gasteiger charge is -2.30. The van der Waals surface area contributed by atoms with Crippen LogP contribution in [-0.4, -0.2) is 193 Å². The first-order valence-corrected chi connectivity index (χ1v) is 44.4. The molecule has 0 spiro atoms. The minimum atomic E-state index is -0.783. The molecule has 33 heteroatoms. The molecule has 13 amide bonds. The van der Waals surface area contributed by atoms with Gasteiger partial charge in [0.15, 0.2) is 0 Å². The number of anilines is 2. The number of nitrogens with one attached hydrogen (secondary N) is 6. The van der Waals surface area contributed by atoms with Gasteiger partial charge in [-0.3, -0.25) is 97.5 Å². The number of alkyl carbamates (subject to hydrolysis) is 1. The molecule has 2 aromatic carbocycles. The van der Waals surface area contributed by atoms with Crippen molar-refractivity contribution in [3.63, 3.8) is 0 Å². The molecule has 7 heterocycles. The average molecular weight is 1750 g/mol. The van der Waals surface area contributed by atoms with Gasteiger partial charge in [0, 0.05) is 186 Å². The van der Waals surface area contributed by atoms with Crippen LogP contribution in [0, 0.1) is 23.7 Å². The second-order valence-corrected chi connectivity index (χ2v) is 33.7. The highest BCUT2D eigenvalue weighted by molar-refractivity contribution is 6.14. The molecule has 7 aliphatic rings. The number of carbonyl (C=O) groups excluding carboxylic acids is 14. The van der Waals surface area contributed by atoms with E-state index in [1.807, 2.05) is 49.6 Å². The summed E-state index contributed by atoms with van der Waals surface area (Å²) in [7, 11) is 0. The number of hydrogen-bond donors (Lipinski definition) is 9. The van der Waals surface area contributed by atoms with Crippen LogP contribution in [0.2, 0.25) is 0 Å². The molecule has 5 aliphatic heterocycles. The Bertz CT molecular complexity index is 4770. The van der Waals surface area contributed by atoms with E-state index in [0.717, 1.165) is 126 Å². The van der Waals surface area contributed by atoms with Crippen molar-refractivity contribution in [2.24, 2.45) is 45.1 Å². The normalized spacial score (nSPS) is 17.4. The summed E-state index contributed by atoms with van der Waals surface area (Å²) in [6, 6.07) is 13.8. The number of nitrogens with two attached hydrogens (primary N) is 2. The number of amides is 13. The van der Waals surface area contributed by atoms with Crippen molar-refractivity contribution < 1.29 is 81.8 Å². The number of ether oxygens (including phenoxy) is 1. The zero-order valence-electron chi connectivity index (χ0n) is 74.2. The molecule has 33 nitrogen and oxygen atoms in total. The molecule has 127 heavy (non-hydrogen) atoms. The van der Waals surface area contributed by atoms with E-state index in [0.29, 0.717) is 154 Å². The standard InChI is InChI=1S/C43H55N7O6.C29H38N6O4.C18H26N2O5.C4H5NO2/c1-3-20-49(21-4-2)43(56)34-23-32-14-15-33(24-37(32)48-38(44)25-34)42(55)47-35-22-30(26-45-27-35)11-16-36(51)8-6-5-7-19-46-41(54)31-12-9-29(10-13-31)28-50-39(52)17-18-40(50)53;1-6-10-35(11-7-2)27(37)22-13-20-8-9-21(26(36)32-23-12-19(16-30)17-31-18-23)14-24(20)33-25(15-22)34-28(38)39-29(3,4)5;21-15-9-10-16(22)20(15)12-13-5-7-14(8-6-13)18(25)19-11-3-1-2-4-17(23)24;6-3-1-2-4(7)5-3/h14-15,17-18,22-24,26-27,29,31H,3-13,16,19-21,25,28H2,1-2H3,(H2,44,48)(H,46,54)(H,47,55);8-9,12-14,17-18H,6-7,10-11,15-16,30H2,1-5H3,(H,32,36)(H,33,34,38);9-10,13-14H,1-8,11-12H2,(H,19,25)(H,23,24);1-2H2,(H,5,6,7). The Hall–Kier alpha value is -12.5. The Morgan fingerprint density at radius 3 is 1.39 bits per heavy atom. The molecule has 0 radical (unpaired) electrons. The second kappa shape index (κ2) is 50.6. The molecule has 0 bridgehead atoms. The minimum absolute atomic E-state index is 0.00150. The van der Waals surface area contributed by atoms with E-state index in [2.05, 4.69) is 51.9 Å². The number of aliphatic carboxylic acids is 1. The van der Waals surface area contributed by atoms with Crippen molar-refractivity contribution in [3.05, 3.63) is 142 Å². The minimum Gasteiger partial charge on any atom is -0.481 e. The van der Waals surface area contributed by atoms with Crippen molar-refractivity contribution in [2.75, 3.05) is 63.0 Å². The highest BCUT2D eigenvalue weighted by Crippen LogP contribution is 2.35. The van der Waals surface area contributed by atoms with Crippen LogP contribution in [0.1, 0.15) is 252 Å². The number of hydrogen-bond acceptors (Lipinski definition) is 22. The van der Waals surface area contributed by atoms with E-state index in [4.69, 9.17) is 21.3 Å². The quantitative estimate of drug-likeness (QED) is 0.0151. The molecule has 11 rings (SSSR count). The summed E-state index contributed by atoms with van der Waals surface area (Å²) < 4.78 is 5.41. The van der Waals surface area contributed by atoms with Crippen LogP contribution >= 0.6 is 0 Å². The van der Waals surface area contributed by atoms with Crippen molar-refractivity contribution in [1.29, 1.82) is 0 Å². The first-order valence-electron chi connectivity index (χ1n) is 44.4. The Morgan fingerprint density at radius 1 is 0.528 bits per heavy atom. The number of unbranched alkanes of at least 4 members (excludes halogenated alkanes) is 4. The molecule has 3 fully saturated rings. The number of nitrogens with zero attached hydrogens (tertiary/aromatic N) is 8. The van der Waals surface area contributed by atoms with Crippen molar-refractivity contribution >= 4 is 135 Å². The van der Waals surface area contributed by atoms with Gasteiger partial charge in [0.25, 0.3) is 35.4 Å². The summed E-state index contributed by atoms with van der Waals surface area (Å²) >= 11 is 0. The molecular weight excluding hydrogens is 1630 g/mol. The number of imide groups is 3. The first-order chi connectivity index (χ1) is 60.8. The predicted octanol–water partition coefficient (Wildman–Crippen LogP) is 11.4. The molecule has 0 atom stereocenters. The Labute approximate surface area is 742 Å². The maximum atomic E-state index is 13.5. The fraction of sp³-hybridized carbons (Fsp3) is 0.500. The van der Waals surface area contributed by atoms with Gasteiger partial charge in [0.1, 0.15) is 23.1 Å². The number of fused-ring (bicyclic) bond motifs is 2. The van der Waals surface area contributed by atoms with Gasteiger partial charge in [0.05, 0.1) is 35.1 Å². The van der Waals surface area contributed by atoms with E-state index in [1.54, 1.807) is 94.1 Å². The summed E-state index contributed by atoms with van der Waals surface area (Å²) in [6.45, 7) is 18.4. The van der Waals surface area contributed by atoms with E-state index in [9.17, 15) is 71.9 Å². The first kappa shape index (κ1) is 99.9. The van der Waals surface area contributed by atoms with Gasteiger partial charge in [-0.25, -0.2) is 14.8 Å². The van der Waals surface area contributed by atoms with Gasteiger partial charge in [0.2, 0.25) is 35.4 Å². The SMILES string of the molecule is CCCN(CCC)C(=O)C1=Cc2ccc(C(=O)Nc3cncc(CCC(=O)CCCCCNC(=O)C4CCC(CN5C(=O)C=CC5=O)CC4)c3)cc2N=C(N)C1.CCCN(CCC)C(=O)C1=Cc2ccc(C(=O)Nc3cncc(CN)c3)cc2N=C(NC(=O)OC(C)(C)C)C1.O=C(O)CCCCCNC(=O)C1CCC(CN2C(=O)C=CC2=O)CC1.O=C1CCC(=O)N1. The summed E-state index contributed by atoms with van der Waals surface area (Å²) in [4.78, 5) is 204. The number of aliphatic imine (C=N–C) groups is 2. The average Bonchev–Trinajstić information content (AvgIpc) is 1.71. The van der Waals surface area contributed by atoms with Crippen LogP contribution in [-0.2, 0) is 75.2 Å². The Balaban J connectivity index is 0.000000242. The number of aromatic nitrogens is 2. The van der Waals surface area contributed by atoms with Crippen molar-refractivity contribution in [2.45, 2.75) is 228 Å². The summed E-state index contributed by atoms with van der Waals surface area (Å²) in [5, 5.41) is 25.1. The Morgan fingerprint density at radius 2 is 0.961 bits per heavy atom. The number of Topliss-reactive ketones (excluding diaryl/α,β-unsaturated/α-hetero) is 1. The molecular formula is C94H124N16O17. The molecule has 2 saturated carbocycles. The van der Waals surface area contributed by atoms with Gasteiger partial charge < -0.3 is 52.4 Å². The highest BCUT2D eigenvalue weighted by Gasteiger charge is 2.35. The third-order valence-electron chi connectivity index (χ3n) is 22.0. The molecule has 2 aliphatic carbocycles. The predicted molar refractivity (Wildman–Crippen MR) is 481 cm³/mol. The monoisotopic (exact) mass is 1750 g/mol. The van der Waals surface area contributed by atoms with Gasteiger partial charge in [-0.05, 0) is 201 Å². The number of carbonyl (C=O) groups is 15. The van der Waals surface area contributed by atoms with Crippen LogP contribution in [0.3, 0.4) is 0 Å². The van der Waals surface area contributed by atoms with E-state index in [-0.39, 0.29) is 125 Å². The number of benzene rings is 2. The zero-order valence-corrected chi connectivity index (χ0v) is 74.2. The van der Waals surface area contributed by atoms with Crippen LogP contribution in [0.25, 0.3) is 12.2 Å². The lowest BCUT2D eigenvalue weighted by atomic mass is 9.81. The highest BCUT2D eigenvalue weighted by atomic mass is 16.6. The number of carboxylic acid groups (broad SMARTS) is 1. The van der Waals surface area contributed by atoms with Crippen molar-refractivity contribution in [3.8, 4) is 0 Å². The molecule has 0 unspecified atom stereocenters. The second-order valence-electron chi connectivity index (χ2n) is 33.7. The lowest BCUT2D eigenvalue weighted by Crippen LogP contribution is -2.38. The van der Waals surface area contributed by atoms with Crippen LogP contribution in [0.4, 0.5) is 27.5 Å². The van der Waals surface area contributed by atoms with E-state index in [1.165, 1.54) is 34.1 Å². The number of ketones is 1. The van der Waals surface area contributed by atoms with Gasteiger partial charge >= 0.3 is 12.1 Å². The zero-order chi connectivity index (χ0) is 92.1. The maximum Gasteiger partial charge on any atom is 0.413 e. The van der Waals surface area contributed by atoms with Crippen LogP contribution in [0.15, 0.2) is 119 Å². The number of carboxylic acids is 1. The molecule has 2 aromatic heterocycles. The number of rotatable bonds is 36. The number of pyridine rings is 2. The summed E-state index contributed by atoms with van der Waals surface area (Å²) in [6.07, 6.45) is 31.5. The third-order valence-corrected chi connectivity index (χ3v) is 22.0. The Kier molecular flexibility index (Phi) is 39.8. The van der Waals surface area contributed by atoms with E-state index >= 15 is 0 Å². The van der Waals surface area contributed by atoms with Gasteiger partial charge in [-0.2, -0.15) is 0 Å². The fourth-order valence-electron chi connectivity index (χ4n) is 15.5. The summed E-state index contributed by atoms with van der Waals surface area (Å²) in [5.41, 5.74) is 18.0. The van der Waals surface area contributed by atoms with Gasteiger partial charge in [-0.1, -0.05) is 52.7 Å². The fourth-order valence-corrected chi connectivity index (χ4v) is 15.5. The van der Waals surface area contributed by atoms with Crippen LogP contribution in [0.5, 0.6) is 0 Å². The third kappa shape index (κ3) is 33.1. The van der Waals surface area contributed by atoms with Crippen molar-refractivity contribution in [1.82, 2.24) is 50.8 Å². The lowest BCUT2D eigenvalue weighted by molar-refractivity contribution is -0.139. The smallest absolute Gasteiger partial charge is 0.413 e. The topological polar surface area (TPSA) is 473 Å². The molecule has 1 saturated heterocycles. The number of aryl methyl sites for hydroxylation is 1. The summed E-state index contributed by atoms with van der Waals surface area (Å²) in [5.74, 6) is -1.64. The van der Waals surface area contributed by atoms with Gasteiger partial charge in [-0.15, -0.1) is 0 Å². The number of amidine groups is 2. The largest absolute Gasteiger partial charge is 0.481 e. The molecule has 4 aromatic rings. The maximum absolute atomic E-state index is 13.5. The molecule has 11 N–H and O–H groups in total.